The Kier molecular flexibility index (Phi) is 5.63. The standard InChI is InChI=1S/C20H18Cl2N4O2S/c1-12(27)23-20-24-17-5-2-13(10-18(17)29-20)19(28)26-8-6-25(7-9-26)14-3-4-15(21)16(22)11-14/h2-5,10-11H,6-9H2,1H3,(H,23,24,27). The molecule has 2 amide bonds. The number of anilines is 2. The lowest BCUT2D eigenvalue weighted by atomic mass is 10.1. The Morgan fingerprint density at radius 2 is 1.79 bits per heavy atom. The third kappa shape index (κ3) is 4.32. The molecule has 1 aliphatic heterocycles. The molecule has 1 fully saturated rings. The summed E-state index contributed by atoms with van der Waals surface area (Å²) in [6.07, 6.45) is 0. The molecule has 3 aromatic rings. The molecule has 2 heterocycles. The fourth-order valence-electron chi connectivity index (χ4n) is 3.29. The van der Waals surface area contributed by atoms with Gasteiger partial charge in [0.1, 0.15) is 0 Å². The highest BCUT2D eigenvalue weighted by Crippen LogP contribution is 2.29. The molecule has 0 aliphatic carbocycles. The molecule has 0 radical (unpaired) electrons. The highest BCUT2D eigenvalue weighted by molar-refractivity contribution is 7.22. The lowest BCUT2D eigenvalue weighted by molar-refractivity contribution is -0.114. The number of thiazole rings is 1. The van der Waals surface area contributed by atoms with Crippen LogP contribution in [0.3, 0.4) is 0 Å². The van der Waals surface area contributed by atoms with E-state index < -0.39 is 0 Å². The third-order valence-electron chi connectivity index (χ3n) is 4.75. The van der Waals surface area contributed by atoms with Gasteiger partial charge in [0.05, 0.1) is 20.3 Å². The van der Waals surface area contributed by atoms with Crippen LogP contribution in [-0.2, 0) is 4.79 Å². The summed E-state index contributed by atoms with van der Waals surface area (Å²) in [5, 5.41) is 4.28. The van der Waals surface area contributed by atoms with Crippen LogP contribution in [-0.4, -0.2) is 47.9 Å². The van der Waals surface area contributed by atoms with Gasteiger partial charge in [0.15, 0.2) is 5.13 Å². The van der Waals surface area contributed by atoms with E-state index in [1.165, 1.54) is 18.3 Å². The number of halogens is 2. The lowest BCUT2D eigenvalue weighted by Crippen LogP contribution is -2.48. The van der Waals surface area contributed by atoms with Gasteiger partial charge in [0, 0.05) is 44.4 Å². The number of rotatable bonds is 3. The summed E-state index contributed by atoms with van der Waals surface area (Å²) in [6, 6.07) is 11.0. The average Bonchev–Trinajstić information content (AvgIpc) is 3.10. The molecule has 0 saturated carbocycles. The minimum atomic E-state index is -0.166. The molecule has 29 heavy (non-hydrogen) atoms. The van der Waals surface area contributed by atoms with Crippen LogP contribution in [0.1, 0.15) is 17.3 Å². The first-order valence-electron chi connectivity index (χ1n) is 9.08. The Morgan fingerprint density at radius 3 is 2.48 bits per heavy atom. The Bertz CT molecular complexity index is 1090. The van der Waals surface area contributed by atoms with Crippen molar-refractivity contribution in [3.8, 4) is 0 Å². The first kappa shape index (κ1) is 19.9. The van der Waals surface area contributed by atoms with Crippen molar-refractivity contribution in [1.82, 2.24) is 9.88 Å². The van der Waals surface area contributed by atoms with Gasteiger partial charge in [-0.1, -0.05) is 34.5 Å². The van der Waals surface area contributed by atoms with Crippen molar-refractivity contribution in [3.63, 3.8) is 0 Å². The zero-order chi connectivity index (χ0) is 20.5. The highest BCUT2D eigenvalue weighted by atomic mass is 35.5. The van der Waals surface area contributed by atoms with Crippen molar-refractivity contribution in [2.75, 3.05) is 36.4 Å². The van der Waals surface area contributed by atoms with Gasteiger partial charge in [-0.25, -0.2) is 4.98 Å². The third-order valence-corrected chi connectivity index (χ3v) is 6.43. The molecule has 0 unspecified atom stereocenters. The zero-order valence-corrected chi connectivity index (χ0v) is 17.9. The van der Waals surface area contributed by atoms with Crippen molar-refractivity contribution in [3.05, 3.63) is 52.0 Å². The molecule has 4 rings (SSSR count). The van der Waals surface area contributed by atoms with Crippen LogP contribution < -0.4 is 10.2 Å². The second-order valence-corrected chi connectivity index (χ2v) is 8.61. The predicted octanol–water partition coefficient (Wildman–Crippen LogP) is 4.52. The first-order chi connectivity index (χ1) is 13.9. The van der Waals surface area contributed by atoms with Crippen molar-refractivity contribution in [2.24, 2.45) is 0 Å². The molecule has 1 saturated heterocycles. The topological polar surface area (TPSA) is 65.5 Å². The van der Waals surface area contributed by atoms with Crippen LogP contribution in [0.25, 0.3) is 10.2 Å². The van der Waals surface area contributed by atoms with Gasteiger partial charge in [-0.05, 0) is 36.4 Å². The molecule has 2 aromatic carbocycles. The summed E-state index contributed by atoms with van der Waals surface area (Å²) in [5.74, 6) is -0.171. The largest absolute Gasteiger partial charge is 0.368 e. The predicted molar refractivity (Wildman–Crippen MR) is 119 cm³/mol. The Hall–Kier alpha value is -2.35. The van der Waals surface area contributed by atoms with Gasteiger partial charge in [-0.2, -0.15) is 0 Å². The summed E-state index contributed by atoms with van der Waals surface area (Å²) in [4.78, 5) is 32.6. The number of amides is 2. The Balaban J connectivity index is 1.45. The van der Waals surface area contributed by atoms with E-state index >= 15 is 0 Å². The fourth-order valence-corrected chi connectivity index (χ4v) is 4.54. The van der Waals surface area contributed by atoms with E-state index in [0.29, 0.717) is 33.8 Å². The van der Waals surface area contributed by atoms with Crippen LogP contribution in [0.4, 0.5) is 10.8 Å². The smallest absolute Gasteiger partial charge is 0.254 e. The summed E-state index contributed by atoms with van der Waals surface area (Å²) >= 11 is 13.5. The van der Waals surface area contributed by atoms with Crippen molar-refractivity contribution in [2.45, 2.75) is 6.92 Å². The number of benzene rings is 2. The first-order valence-corrected chi connectivity index (χ1v) is 10.7. The van der Waals surface area contributed by atoms with E-state index in [4.69, 9.17) is 23.2 Å². The van der Waals surface area contributed by atoms with Crippen LogP contribution in [0, 0.1) is 0 Å². The minimum Gasteiger partial charge on any atom is -0.368 e. The number of carbonyl (C=O) groups excluding carboxylic acids is 2. The van der Waals surface area contributed by atoms with Crippen LogP contribution >= 0.6 is 34.5 Å². The fraction of sp³-hybridized carbons (Fsp3) is 0.250. The number of nitrogens with one attached hydrogen (secondary N) is 1. The quantitative estimate of drug-likeness (QED) is 0.639. The number of carbonyl (C=O) groups is 2. The van der Waals surface area contributed by atoms with E-state index in [-0.39, 0.29) is 11.8 Å². The van der Waals surface area contributed by atoms with E-state index in [0.717, 1.165) is 29.0 Å². The summed E-state index contributed by atoms with van der Waals surface area (Å²) in [6.45, 7) is 4.13. The number of nitrogens with zero attached hydrogens (tertiary/aromatic N) is 3. The summed E-state index contributed by atoms with van der Waals surface area (Å²) in [7, 11) is 0. The average molecular weight is 449 g/mol. The number of piperazine rings is 1. The molecule has 1 aromatic heterocycles. The van der Waals surface area contributed by atoms with Gasteiger partial charge >= 0.3 is 0 Å². The van der Waals surface area contributed by atoms with Crippen LogP contribution in [0.5, 0.6) is 0 Å². The normalized spacial score (nSPS) is 14.3. The lowest BCUT2D eigenvalue weighted by Gasteiger charge is -2.36. The van der Waals surface area contributed by atoms with E-state index in [1.54, 1.807) is 12.1 Å². The molecule has 9 heteroatoms. The second kappa shape index (κ2) is 8.18. The second-order valence-electron chi connectivity index (χ2n) is 6.76. The molecule has 6 nitrogen and oxygen atoms in total. The zero-order valence-electron chi connectivity index (χ0n) is 15.6. The number of fused-ring (bicyclic) bond motifs is 1. The maximum Gasteiger partial charge on any atom is 0.254 e. The molecule has 1 aliphatic rings. The summed E-state index contributed by atoms with van der Waals surface area (Å²) < 4.78 is 0.869. The molecular weight excluding hydrogens is 431 g/mol. The van der Waals surface area contributed by atoms with E-state index in [9.17, 15) is 9.59 Å². The van der Waals surface area contributed by atoms with Crippen molar-refractivity contribution >= 4 is 67.4 Å². The van der Waals surface area contributed by atoms with Gasteiger partial charge in [0.2, 0.25) is 5.91 Å². The van der Waals surface area contributed by atoms with Crippen LogP contribution in [0.2, 0.25) is 10.0 Å². The van der Waals surface area contributed by atoms with Gasteiger partial charge in [0.25, 0.3) is 5.91 Å². The number of hydrogen-bond donors (Lipinski definition) is 1. The molecule has 1 N–H and O–H groups in total. The van der Waals surface area contributed by atoms with Gasteiger partial charge in [-0.3, -0.25) is 9.59 Å². The summed E-state index contributed by atoms with van der Waals surface area (Å²) in [5.41, 5.74) is 2.39. The SMILES string of the molecule is CC(=O)Nc1nc2ccc(C(=O)N3CCN(c4ccc(Cl)c(Cl)c4)CC3)cc2s1. The molecule has 0 spiro atoms. The van der Waals surface area contributed by atoms with Crippen LogP contribution in [0.15, 0.2) is 36.4 Å². The van der Waals surface area contributed by atoms with E-state index in [2.05, 4.69) is 15.2 Å². The molecule has 150 valence electrons. The van der Waals surface area contributed by atoms with Crippen molar-refractivity contribution < 1.29 is 9.59 Å². The Morgan fingerprint density at radius 1 is 1.03 bits per heavy atom. The molecule has 0 atom stereocenters. The minimum absolute atomic E-state index is 0.00448. The van der Waals surface area contributed by atoms with Gasteiger partial charge < -0.3 is 15.1 Å². The maximum absolute atomic E-state index is 13.0. The van der Waals surface area contributed by atoms with E-state index in [1.807, 2.05) is 29.2 Å². The number of aromatic nitrogens is 1. The highest BCUT2D eigenvalue weighted by Gasteiger charge is 2.23. The molecular formula is C20H18Cl2N4O2S. The van der Waals surface area contributed by atoms with Gasteiger partial charge in [-0.15, -0.1) is 0 Å². The van der Waals surface area contributed by atoms with Crippen molar-refractivity contribution in [1.29, 1.82) is 0 Å². The maximum atomic E-state index is 13.0. The molecule has 0 bridgehead atoms. The number of hydrogen-bond acceptors (Lipinski definition) is 5. The Labute approximate surface area is 182 Å². The monoisotopic (exact) mass is 448 g/mol.